The van der Waals surface area contributed by atoms with Crippen LogP contribution in [0.25, 0.3) is 11.6 Å². The van der Waals surface area contributed by atoms with Crippen LogP contribution in [-0.4, -0.2) is 24.7 Å². The quantitative estimate of drug-likeness (QED) is 0.128. The highest BCUT2D eigenvalue weighted by molar-refractivity contribution is 5.90. The van der Waals surface area contributed by atoms with Gasteiger partial charge >= 0.3 is 0 Å². The lowest BCUT2D eigenvalue weighted by atomic mass is 10.0. The van der Waals surface area contributed by atoms with Gasteiger partial charge in [-0.15, -0.1) is 0 Å². The Morgan fingerprint density at radius 3 is 2.42 bits per heavy atom. The molecule has 0 unspecified atom stereocenters. The maximum absolute atomic E-state index is 10.8. The van der Waals surface area contributed by atoms with Gasteiger partial charge < -0.3 is 14.2 Å². The van der Waals surface area contributed by atoms with E-state index in [0.29, 0.717) is 42.5 Å². The van der Waals surface area contributed by atoms with Gasteiger partial charge in [0.15, 0.2) is 11.5 Å². The van der Waals surface area contributed by atoms with Gasteiger partial charge in [0.05, 0.1) is 23.2 Å². The number of nitro groups is 1. The van der Waals surface area contributed by atoms with Crippen molar-refractivity contribution in [2.24, 2.45) is 0 Å². The molecule has 0 aliphatic heterocycles. The lowest BCUT2D eigenvalue weighted by molar-refractivity contribution is -0.384. The molecule has 0 N–H and O–H groups in total. The Morgan fingerprint density at radius 1 is 1.00 bits per heavy atom. The molecule has 0 aliphatic rings. The Kier molecular flexibility index (Phi) is 8.03. The second-order valence-electron chi connectivity index (χ2n) is 7.13. The molecule has 0 spiro atoms. The van der Waals surface area contributed by atoms with Gasteiger partial charge in [0.25, 0.3) is 5.69 Å². The van der Waals surface area contributed by atoms with Crippen molar-refractivity contribution in [1.29, 1.82) is 5.26 Å². The highest BCUT2D eigenvalue weighted by Gasteiger charge is 2.10. The molecule has 7 heteroatoms. The van der Waals surface area contributed by atoms with Crippen molar-refractivity contribution in [2.75, 3.05) is 19.8 Å². The number of ether oxygens (including phenoxy) is 3. The third-order valence-corrected chi connectivity index (χ3v) is 4.69. The molecule has 0 bridgehead atoms. The molecule has 3 rings (SSSR count). The first-order chi connectivity index (χ1) is 16.0. The number of nitro benzene ring substituents is 1. The molecule has 0 atom stereocenters. The van der Waals surface area contributed by atoms with E-state index < -0.39 is 4.92 Å². The first kappa shape index (κ1) is 23.4. The number of aryl methyl sites for hydroxylation is 1. The van der Waals surface area contributed by atoms with Gasteiger partial charge in [-0.25, -0.2) is 0 Å². The molecule has 0 amide bonds. The van der Waals surface area contributed by atoms with Crippen LogP contribution >= 0.6 is 0 Å². The van der Waals surface area contributed by atoms with Crippen molar-refractivity contribution in [3.05, 3.63) is 93.5 Å². The number of rotatable bonds is 10. The van der Waals surface area contributed by atoms with Crippen molar-refractivity contribution in [2.45, 2.75) is 13.8 Å². The average Bonchev–Trinajstić information content (AvgIpc) is 2.81. The number of nitrogens with zero attached hydrogens (tertiary/aromatic N) is 2. The van der Waals surface area contributed by atoms with Crippen LogP contribution in [0.15, 0.2) is 66.7 Å². The Hall–Kier alpha value is -4.31. The summed E-state index contributed by atoms with van der Waals surface area (Å²) in [7, 11) is 0. The third kappa shape index (κ3) is 6.58. The number of hydrogen-bond acceptors (Lipinski definition) is 6. The predicted molar refractivity (Wildman–Crippen MR) is 126 cm³/mol. The van der Waals surface area contributed by atoms with E-state index in [0.717, 1.165) is 16.9 Å². The van der Waals surface area contributed by atoms with Crippen molar-refractivity contribution in [3.63, 3.8) is 0 Å². The fraction of sp³-hybridized carbons (Fsp3) is 0.192. The Balaban J connectivity index is 1.71. The molecular weight excluding hydrogens is 420 g/mol. The fourth-order valence-electron chi connectivity index (χ4n) is 3.13. The molecule has 7 nitrogen and oxygen atoms in total. The first-order valence-corrected chi connectivity index (χ1v) is 10.5. The average molecular weight is 444 g/mol. The summed E-state index contributed by atoms with van der Waals surface area (Å²) in [6.07, 6.45) is 1.70. The highest BCUT2D eigenvalue weighted by atomic mass is 16.6. The van der Waals surface area contributed by atoms with Crippen molar-refractivity contribution >= 4 is 17.3 Å². The Morgan fingerprint density at radius 2 is 1.76 bits per heavy atom. The topological polar surface area (TPSA) is 94.6 Å². The molecule has 0 radical (unpaired) electrons. The van der Waals surface area contributed by atoms with Gasteiger partial charge in [-0.05, 0) is 73.0 Å². The minimum absolute atomic E-state index is 0.0254. The normalized spacial score (nSPS) is 10.9. The maximum atomic E-state index is 10.8. The number of benzene rings is 3. The zero-order valence-electron chi connectivity index (χ0n) is 18.5. The summed E-state index contributed by atoms with van der Waals surface area (Å²) in [5, 5.41) is 20.4. The number of nitriles is 1. The number of non-ortho nitro benzene ring substituents is 1. The SMILES string of the molecule is CCOc1cc(C=C(C#N)c2ccc([N+](=O)[O-])cc2)ccc1OCCOc1cccc(C)c1. The van der Waals surface area contributed by atoms with E-state index in [1.807, 2.05) is 44.2 Å². The summed E-state index contributed by atoms with van der Waals surface area (Å²) in [5.74, 6) is 1.93. The molecule has 33 heavy (non-hydrogen) atoms. The van der Waals surface area contributed by atoms with Gasteiger partial charge in [-0.2, -0.15) is 5.26 Å². The molecule has 3 aromatic carbocycles. The monoisotopic (exact) mass is 444 g/mol. The van der Waals surface area contributed by atoms with Gasteiger partial charge in [0, 0.05) is 12.1 Å². The van der Waals surface area contributed by atoms with E-state index in [1.165, 1.54) is 12.1 Å². The van der Waals surface area contributed by atoms with Gasteiger partial charge in [-0.1, -0.05) is 18.2 Å². The molecule has 0 heterocycles. The van der Waals surface area contributed by atoms with E-state index in [-0.39, 0.29) is 5.69 Å². The van der Waals surface area contributed by atoms with Crippen LogP contribution < -0.4 is 14.2 Å². The molecule has 0 aromatic heterocycles. The van der Waals surface area contributed by atoms with Crippen LogP contribution in [0.2, 0.25) is 0 Å². The van der Waals surface area contributed by atoms with E-state index >= 15 is 0 Å². The summed E-state index contributed by atoms with van der Waals surface area (Å²) >= 11 is 0. The summed E-state index contributed by atoms with van der Waals surface area (Å²) in [4.78, 5) is 10.4. The Labute approximate surface area is 192 Å². The number of allylic oxidation sites excluding steroid dienone is 1. The molecule has 3 aromatic rings. The standard InChI is InChI=1S/C26H24N2O5/c1-3-31-26-17-20(16-22(18-27)21-8-10-23(11-9-21)28(29)30)7-12-25(26)33-14-13-32-24-6-4-5-19(2)15-24/h4-12,15-17H,3,13-14H2,1-2H3. The smallest absolute Gasteiger partial charge is 0.269 e. The summed E-state index contributed by atoms with van der Waals surface area (Å²) in [5.41, 5.74) is 2.82. The van der Waals surface area contributed by atoms with Crippen LogP contribution in [-0.2, 0) is 0 Å². The molecule has 168 valence electrons. The van der Waals surface area contributed by atoms with Crippen LogP contribution in [0.4, 0.5) is 5.69 Å². The highest BCUT2D eigenvalue weighted by Crippen LogP contribution is 2.30. The predicted octanol–water partition coefficient (Wildman–Crippen LogP) is 5.82. The molecule has 0 saturated heterocycles. The molecular formula is C26H24N2O5. The summed E-state index contributed by atoms with van der Waals surface area (Å²) < 4.78 is 17.3. The molecule has 0 aliphatic carbocycles. The van der Waals surface area contributed by atoms with Crippen molar-refractivity contribution in [3.8, 4) is 23.3 Å². The lowest BCUT2D eigenvalue weighted by Gasteiger charge is -2.13. The second-order valence-corrected chi connectivity index (χ2v) is 7.13. The lowest BCUT2D eigenvalue weighted by Crippen LogP contribution is -2.10. The third-order valence-electron chi connectivity index (χ3n) is 4.69. The Bertz CT molecular complexity index is 1180. The zero-order chi connectivity index (χ0) is 23.6. The van der Waals surface area contributed by atoms with Crippen LogP contribution in [0.5, 0.6) is 17.2 Å². The van der Waals surface area contributed by atoms with Crippen LogP contribution in [0, 0.1) is 28.4 Å². The first-order valence-electron chi connectivity index (χ1n) is 10.5. The number of hydrogen-bond donors (Lipinski definition) is 0. The van der Waals surface area contributed by atoms with E-state index in [2.05, 4.69) is 6.07 Å². The maximum Gasteiger partial charge on any atom is 0.269 e. The van der Waals surface area contributed by atoms with Crippen molar-refractivity contribution < 1.29 is 19.1 Å². The molecule has 0 saturated carbocycles. The summed E-state index contributed by atoms with van der Waals surface area (Å²) in [6.45, 7) is 5.07. The van der Waals surface area contributed by atoms with Crippen molar-refractivity contribution in [1.82, 2.24) is 0 Å². The van der Waals surface area contributed by atoms with Crippen LogP contribution in [0.3, 0.4) is 0 Å². The van der Waals surface area contributed by atoms with Gasteiger partial charge in [0.1, 0.15) is 19.0 Å². The second kappa shape index (κ2) is 11.3. The zero-order valence-corrected chi connectivity index (χ0v) is 18.5. The van der Waals surface area contributed by atoms with E-state index in [1.54, 1.807) is 30.3 Å². The summed E-state index contributed by atoms with van der Waals surface area (Å²) in [6, 6.07) is 21.2. The molecule has 0 fully saturated rings. The largest absolute Gasteiger partial charge is 0.490 e. The minimum atomic E-state index is -0.474. The fourth-order valence-corrected chi connectivity index (χ4v) is 3.13. The minimum Gasteiger partial charge on any atom is -0.490 e. The van der Waals surface area contributed by atoms with Gasteiger partial charge in [0.2, 0.25) is 0 Å². The van der Waals surface area contributed by atoms with Crippen LogP contribution in [0.1, 0.15) is 23.6 Å². The van der Waals surface area contributed by atoms with Gasteiger partial charge in [-0.3, -0.25) is 10.1 Å². The van der Waals surface area contributed by atoms with E-state index in [9.17, 15) is 15.4 Å². The van der Waals surface area contributed by atoms with E-state index in [4.69, 9.17) is 14.2 Å².